The second-order valence-corrected chi connectivity index (χ2v) is 5.51. The third-order valence-electron chi connectivity index (χ3n) is 3.44. The smallest absolute Gasteiger partial charge is 0.314 e. The number of para-hydroxylation sites is 1. The normalized spacial score (nSPS) is 10.2. The number of nitrogens with one attached hydrogen (secondary N) is 2. The Morgan fingerprint density at radius 3 is 2.48 bits per heavy atom. The highest BCUT2D eigenvalue weighted by atomic mass is 35.5. The zero-order valence-corrected chi connectivity index (χ0v) is 13.7. The molecular weight excluding hydrogens is 314 g/mol. The molecule has 0 bridgehead atoms. The Bertz CT molecular complexity index is 759. The summed E-state index contributed by atoms with van der Waals surface area (Å²) in [5, 5.41) is 5.48. The van der Waals surface area contributed by atoms with Crippen molar-refractivity contribution in [2.24, 2.45) is 0 Å². The number of halogens is 1. The van der Waals surface area contributed by atoms with Gasteiger partial charge in [0.2, 0.25) is 0 Å². The first-order chi connectivity index (χ1) is 10.9. The van der Waals surface area contributed by atoms with E-state index in [1.165, 1.54) is 6.07 Å². The summed E-state index contributed by atoms with van der Waals surface area (Å²) >= 11 is 5.89. The number of amides is 2. The summed E-state index contributed by atoms with van der Waals surface area (Å²) in [4.78, 5) is 24.1. The highest BCUT2D eigenvalue weighted by molar-refractivity contribution is 6.44. The van der Waals surface area contributed by atoms with E-state index in [0.29, 0.717) is 22.1 Å². The van der Waals surface area contributed by atoms with E-state index in [9.17, 15) is 9.59 Å². The molecule has 23 heavy (non-hydrogen) atoms. The van der Waals surface area contributed by atoms with Crippen LogP contribution >= 0.6 is 11.6 Å². The molecule has 0 aromatic heterocycles. The third-order valence-corrected chi connectivity index (χ3v) is 3.77. The molecule has 120 valence electrons. The molecule has 0 atom stereocenters. The van der Waals surface area contributed by atoms with Crippen LogP contribution in [-0.2, 0) is 16.0 Å². The molecular formula is C17H18ClN3O2. The van der Waals surface area contributed by atoms with Crippen molar-refractivity contribution < 1.29 is 9.59 Å². The summed E-state index contributed by atoms with van der Waals surface area (Å²) in [6, 6.07) is 10.4. The van der Waals surface area contributed by atoms with Crippen LogP contribution in [0.5, 0.6) is 0 Å². The monoisotopic (exact) mass is 331 g/mol. The SMILES string of the molecule is CCc1cccc(C)c1NC(=O)C(=O)Nc1ccc(N)c(Cl)c1. The summed E-state index contributed by atoms with van der Waals surface area (Å²) in [6.45, 7) is 3.87. The molecule has 0 radical (unpaired) electrons. The zero-order chi connectivity index (χ0) is 17.0. The first-order valence-electron chi connectivity index (χ1n) is 7.18. The molecule has 2 aromatic carbocycles. The lowest BCUT2D eigenvalue weighted by atomic mass is 10.1. The van der Waals surface area contributed by atoms with Crippen molar-refractivity contribution >= 4 is 40.5 Å². The Labute approximate surface area is 139 Å². The molecule has 5 nitrogen and oxygen atoms in total. The molecule has 0 aliphatic carbocycles. The third kappa shape index (κ3) is 4.02. The molecule has 2 aromatic rings. The lowest BCUT2D eigenvalue weighted by Gasteiger charge is -2.13. The average molecular weight is 332 g/mol. The van der Waals surface area contributed by atoms with E-state index in [4.69, 9.17) is 17.3 Å². The Hall–Kier alpha value is -2.53. The predicted octanol–water partition coefficient (Wildman–Crippen LogP) is 3.37. The fourth-order valence-corrected chi connectivity index (χ4v) is 2.35. The van der Waals surface area contributed by atoms with Crippen LogP contribution < -0.4 is 16.4 Å². The zero-order valence-electron chi connectivity index (χ0n) is 12.9. The summed E-state index contributed by atoms with van der Waals surface area (Å²) in [5.41, 5.74) is 8.97. The summed E-state index contributed by atoms with van der Waals surface area (Å²) in [5.74, 6) is -1.50. The van der Waals surface area contributed by atoms with Crippen molar-refractivity contribution in [1.82, 2.24) is 0 Å². The molecule has 0 saturated carbocycles. The Morgan fingerprint density at radius 1 is 1.13 bits per heavy atom. The molecule has 6 heteroatoms. The fraction of sp³-hybridized carbons (Fsp3) is 0.176. The van der Waals surface area contributed by atoms with Crippen LogP contribution in [0.15, 0.2) is 36.4 Å². The van der Waals surface area contributed by atoms with Crippen LogP contribution in [0.4, 0.5) is 17.1 Å². The van der Waals surface area contributed by atoms with Crippen LogP contribution in [0, 0.1) is 6.92 Å². The van der Waals surface area contributed by atoms with Crippen molar-refractivity contribution in [2.75, 3.05) is 16.4 Å². The second kappa shape index (κ2) is 7.15. The van der Waals surface area contributed by atoms with Gasteiger partial charge < -0.3 is 16.4 Å². The Balaban J connectivity index is 2.12. The number of nitrogen functional groups attached to an aromatic ring is 1. The fourth-order valence-electron chi connectivity index (χ4n) is 2.17. The van der Waals surface area contributed by atoms with Gasteiger partial charge >= 0.3 is 11.8 Å². The average Bonchev–Trinajstić information content (AvgIpc) is 2.52. The summed E-state index contributed by atoms with van der Waals surface area (Å²) in [6.07, 6.45) is 0.756. The molecule has 0 spiro atoms. The van der Waals surface area contributed by atoms with Gasteiger partial charge in [0.15, 0.2) is 0 Å². The van der Waals surface area contributed by atoms with Crippen LogP contribution in [-0.4, -0.2) is 11.8 Å². The maximum atomic E-state index is 12.1. The van der Waals surface area contributed by atoms with Crippen molar-refractivity contribution in [2.45, 2.75) is 20.3 Å². The van der Waals surface area contributed by atoms with Gasteiger partial charge in [-0.25, -0.2) is 0 Å². The van der Waals surface area contributed by atoms with Gasteiger partial charge in [-0.05, 0) is 42.7 Å². The predicted molar refractivity (Wildman–Crippen MR) is 93.7 cm³/mol. The van der Waals surface area contributed by atoms with E-state index in [2.05, 4.69) is 10.6 Å². The van der Waals surface area contributed by atoms with Crippen LogP contribution in [0.2, 0.25) is 5.02 Å². The van der Waals surface area contributed by atoms with Crippen molar-refractivity contribution in [3.8, 4) is 0 Å². The molecule has 0 fully saturated rings. The van der Waals surface area contributed by atoms with Gasteiger partial charge in [0.25, 0.3) is 0 Å². The molecule has 0 aliphatic rings. The maximum absolute atomic E-state index is 12.1. The molecule has 0 unspecified atom stereocenters. The summed E-state index contributed by atoms with van der Waals surface area (Å²) in [7, 11) is 0. The number of anilines is 3. The number of nitrogens with two attached hydrogens (primary N) is 1. The van der Waals surface area contributed by atoms with E-state index in [-0.39, 0.29) is 0 Å². The molecule has 2 rings (SSSR count). The lowest BCUT2D eigenvalue weighted by molar-refractivity contribution is -0.133. The lowest BCUT2D eigenvalue weighted by Crippen LogP contribution is -2.29. The Kier molecular flexibility index (Phi) is 5.24. The van der Waals surface area contributed by atoms with E-state index >= 15 is 0 Å². The number of rotatable bonds is 3. The molecule has 0 saturated heterocycles. The minimum atomic E-state index is -0.767. The van der Waals surface area contributed by atoms with E-state index in [1.807, 2.05) is 32.0 Å². The van der Waals surface area contributed by atoms with Gasteiger partial charge in [0.1, 0.15) is 0 Å². The van der Waals surface area contributed by atoms with Crippen LogP contribution in [0.1, 0.15) is 18.1 Å². The quantitative estimate of drug-likeness (QED) is 0.595. The van der Waals surface area contributed by atoms with Gasteiger partial charge in [-0.3, -0.25) is 9.59 Å². The molecule has 2 amide bonds. The number of aryl methyl sites for hydroxylation is 2. The van der Waals surface area contributed by atoms with E-state index in [1.54, 1.807) is 12.1 Å². The van der Waals surface area contributed by atoms with Crippen LogP contribution in [0.3, 0.4) is 0 Å². The number of hydrogen-bond donors (Lipinski definition) is 3. The second-order valence-electron chi connectivity index (χ2n) is 5.11. The molecule has 0 heterocycles. The molecule has 4 N–H and O–H groups in total. The number of benzene rings is 2. The van der Waals surface area contributed by atoms with Gasteiger partial charge in [0, 0.05) is 11.4 Å². The number of hydrogen-bond acceptors (Lipinski definition) is 3. The first kappa shape index (κ1) is 16.8. The topological polar surface area (TPSA) is 84.2 Å². The van der Waals surface area contributed by atoms with E-state index < -0.39 is 11.8 Å². The van der Waals surface area contributed by atoms with Crippen molar-refractivity contribution in [3.63, 3.8) is 0 Å². The standard InChI is InChI=1S/C17H18ClN3O2/c1-3-11-6-4-5-10(2)15(11)21-17(23)16(22)20-12-7-8-14(19)13(18)9-12/h4-9H,3,19H2,1-2H3,(H,20,22)(H,21,23). The van der Waals surface area contributed by atoms with Gasteiger partial charge in [-0.15, -0.1) is 0 Å². The number of carbonyl (C=O) groups is 2. The largest absolute Gasteiger partial charge is 0.398 e. The minimum Gasteiger partial charge on any atom is -0.398 e. The highest BCUT2D eigenvalue weighted by Gasteiger charge is 2.16. The first-order valence-corrected chi connectivity index (χ1v) is 7.56. The van der Waals surface area contributed by atoms with Gasteiger partial charge in [-0.1, -0.05) is 36.7 Å². The minimum absolute atomic E-state index is 0.315. The van der Waals surface area contributed by atoms with Crippen molar-refractivity contribution in [3.05, 3.63) is 52.5 Å². The van der Waals surface area contributed by atoms with Crippen LogP contribution in [0.25, 0.3) is 0 Å². The summed E-state index contributed by atoms with van der Waals surface area (Å²) < 4.78 is 0. The highest BCUT2D eigenvalue weighted by Crippen LogP contribution is 2.23. The van der Waals surface area contributed by atoms with Gasteiger partial charge in [0.05, 0.1) is 10.7 Å². The van der Waals surface area contributed by atoms with Gasteiger partial charge in [-0.2, -0.15) is 0 Å². The maximum Gasteiger partial charge on any atom is 0.314 e. The number of carbonyl (C=O) groups excluding carboxylic acids is 2. The van der Waals surface area contributed by atoms with Crippen molar-refractivity contribution in [1.29, 1.82) is 0 Å². The Morgan fingerprint density at radius 2 is 1.83 bits per heavy atom. The molecule has 0 aliphatic heterocycles. The van der Waals surface area contributed by atoms with E-state index in [0.717, 1.165) is 17.5 Å².